The molecule has 35 heavy (non-hydrogen) atoms. The lowest BCUT2D eigenvalue weighted by atomic mass is 9.31. The molecule has 0 aromatic carbocycles. The van der Waals surface area contributed by atoms with Crippen LogP contribution in [0, 0.1) is 78.8 Å². The zero-order valence-electron chi connectivity index (χ0n) is 22.8. The quantitative estimate of drug-likeness (QED) is 0.386. The monoisotopic (exact) mass is 474 g/mol. The predicted octanol–water partition coefficient (Wildman–Crippen LogP) is 6.81. The number of carbonyl (C=O) groups excluding carboxylic acids is 2. The van der Waals surface area contributed by atoms with Gasteiger partial charge in [-0.2, -0.15) is 10.5 Å². The van der Waals surface area contributed by atoms with Gasteiger partial charge in [-0.05, 0) is 84.4 Å². The van der Waals surface area contributed by atoms with Gasteiger partial charge in [-0.25, -0.2) is 0 Å². The Kier molecular flexibility index (Phi) is 5.01. The third-order valence-electron chi connectivity index (χ3n) is 12.7. The van der Waals surface area contributed by atoms with Crippen molar-refractivity contribution >= 4 is 11.6 Å². The first-order chi connectivity index (χ1) is 16.1. The van der Waals surface area contributed by atoms with Gasteiger partial charge in [0.15, 0.2) is 5.78 Å². The van der Waals surface area contributed by atoms with Crippen LogP contribution in [0.1, 0.15) is 99.8 Å². The second-order valence-corrected chi connectivity index (χ2v) is 15.0. The fraction of sp³-hybridized carbons (Fsp3) is 0.806. The molecule has 0 saturated heterocycles. The predicted molar refractivity (Wildman–Crippen MR) is 135 cm³/mol. The standard InChI is InChI=1S/C31H42N2O2/c1-26(2)10-12-31(18-33)13-11-30(7)24(20(31)16-26)21(34)14-23-28(5)15-19(17-32)25(35)27(3,4)22(28)8-9-29(23,30)6/h15,20,22-24H,8-14,16H2,1-7H3/t20-,22-,23?,24-,28-,29+,30+,31+/m0/s1. The van der Waals surface area contributed by atoms with Crippen molar-refractivity contribution in [2.75, 3.05) is 0 Å². The van der Waals surface area contributed by atoms with Crippen molar-refractivity contribution in [1.82, 2.24) is 0 Å². The Balaban J connectivity index is 1.64. The van der Waals surface area contributed by atoms with E-state index in [1.54, 1.807) is 0 Å². The number of nitriles is 2. The number of rotatable bonds is 0. The Bertz CT molecular complexity index is 1120. The summed E-state index contributed by atoms with van der Waals surface area (Å²) in [6.45, 7) is 15.6. The summed E-state index contributed by atoms with van der Waals surface area (Å²) < 4.78 is 0. The molecule has 0 radical (unpaired) electrons. The molecule has 0 N–H and O–H groups in total. The highest BCUT2D eigenvalue weighted by Crippen LogP contribution is 2.75. The van der Waals surface area contributed by atoms with E-state index in [2.05, 4.69) is 46.8 Å². The molecule has 188 valence electrons. The summed E-state index contributed by atoms with van der Waals surface area (Å²) in [5.74, 6) is 0.569. The average molecular weight is 475 g/mol. The molecule has 4 fully saturated rings. The van der Waals surface area contributed by atoms with Gasteiger partial charge in [0.1, 0.15) is 11.9 Å². The van der Waals surface area contributed by atoms with Crippen molar-refractivity contribution in [3.05, 3.63) is 11.6 Å². The maximum Gasteiger partial charge on any atom is 0.178 e. The van der Waals surface area contributed by atoms with Crippen molar-refractivity contribution in [3.63, 3.8) is 0 Å². The molecule has 5 rings (SSSR count). The molecule has 0 spiro atoms. The normalized spacial score (nSPS) is 49.8. The number of allylic oxidation sites excluding steroid dienone is 2. The molecule has 0 heterocycles. The van der Waals surface area contributed by atoms with Crippen LogP contribution in [0.4, 0.5) is 0 Å². The first-order valence-corrected chi connectivity index (χ1v) is 13.7. The van der Waals surface area contributed by atoms with E-state index in [0.717, 1.165) is 44.9 Å². The third-order valence-corrected chi connectivity index (χ3v) is 12.7. The number of ketones is 2. The molecule has 5 aliphatic rings. The minimum absolute atomic E-state index is 0.0433. The van der Waals surface area contributed by atoms with Gasteiger partial charge in [0.05, 0.1) is 17.1 Å². The molecule has 0 amide bonds. The lowest BCUT2D eigenvalue weighted by molar-refractivity contribution is -0.216. The number of carbonyl (C=O) groups is 2. The smallest absolute Gasteiger partial charge is 0.178 e. The van der Waals surface area contributed by atoms with Crippen LogP contribution in [0.2, 0.25) is 0 Å². The van der Waals surface area contributed by atoms with Crippen molar-refractivity contribution in [3.8, 4) is 12.1 Å². The fourth-order valence-corrected chi connectivity index (χ4v) is 10.5. The van der Waals surface area contributed by atoms with E-state index in [9.17, 15) is 20.1 Å². The van der Waals surface area contributed by atoms with Gasteiger partial charge >= 0.3 is 0 Å². The highest BCUT2D eigenvalue weighted by molar-refractivity contribution is 6.04. The van der Waals surface area contributed by atoms with Crippen LogP contribution in [0.3, 0.4) is 0 Å². The number of hydrogen-bond donors (Lipinski definition) is 0. The van der Waals surface area contributed by atoms with Gasteiger partial charge in [0, 0.05) is 17.8 Å². The van der Waals surface area contributed by atoms with Crippen LogP contribution >= 0.6 is 0 Å². The maximum absolute atomic E-state index is 14.3. The second-order valence-electron chi connectivity index (χ2n) is 15.0. The van der Waals surface area contributed by atoms with Gasteiger partial charge < -0.3 is 0 Å². The van der Waals surface area contributed by atoms with E-state index >= 15 is 0 Å². The minimum Gasteiger partial charge on any atom is -0.299 e. The molecule has 4 nitrogen and oxygen atoms in total. The summed E-state index contributed by atoms with van der Waals surface area (Å²) in [5, 5.41) is 20.3. The van der Waals surface area contributed by atoms with Crippen LogP contribution in [0.5, 0.6) is 0 Å². The van der Waals surface area contributed by atoms with Crippen LogP contribution in [-0.2, 0) is 9.59 Å². The summed E-state index contributed by atoms with van der Waals surface area (Å²) in [5.41, 5.74) is -1.16. The van der Waals surface area contributed by atoms with Crippen LogP contribution in [-0.4, -0.2) is 11.6 Å². The van der Waals surface area contributed by atoms with Crippen molar-refractivity contribution in [2.24, 2.45) is 56.2 Å². The number of fused-ring (bicyclic) bond motifs is 7. The summed E-state index contributed by atoms with van der Waals surface area (Å²) >= 11 is 0. The Labute approximate surface area is 211 Å². The van der Waals surface area contributed by atoms with E-state index in [1.165, 1.54) is 0 Å². The molecule has 5 aliphatic carbocycles. The molecular formula is C31H42N2O2. The SMILES string of the molecule is CC1(C)CC[C@]2(C#N)CC[C@]3(C)[C@H](C(=O)CC4[C@@]5(C)C=C(C#N)C(=O)C(C)(C)[C@@H]5CC[C@]43C)[C@@H]2C1. The number of Topliss-reactive ketones (excluding diaryl/α,β-unsaturated/α-hetero) is 2. The lowest BCUT2D eigenvalue weighted by Gasteiger charge is -2.71. The fourth-order valence-electron chi connectivity index (χ4n) is 10.5. The van der Waals surface area contributed by atoms with Gasteiger partial charge in [0.25, 0.3) is 0 Å². The lowest BCUT2D eigenvalue weighted by Crippen LogP contribution is -2.68. The summed E-state index contributed by atoms with van der Waals surface area (Å²) in [6.07, 6.45) is 9.12. The topological polar surface area (TPSA) is 81.7 Å². The number of nitrogens with zero attached hydrogens (tertiary/aromatic N) is 2. The summed E-state index contributed by atoms with van der Waals surface area (Å²) in [6, 6.07) is 4.96. The van der Waals surface area contributed by atoms with E-state index in [-0.39, 0.29) is 62.1 Å². The first-order valence-electron chi connectivity index (χ1n) is 13.7. The van der Waals surface area contributed by atoms with E-state index in [1.807, 2.05) is 19.9 Å². The molecule has 0 aliphatic heterocycles. The average Bonchev–Trinajstić information content (AvgIpc) is 2.77. The Morgan fingerprint density at radius 3 is 2.14 bits per heavy atom. The maximum atomic E-state index is 14.3. The molecule has 8 atom stereocenters. The molecule has 0 aromatic rings. The van der Waals surface area contributed by atoms with Gasteiger partial charge in [0.2, 0.25) is 0 Å². The zero-order valence-corrected chi connectivity index (χ0v) is 22.8. The molecule has 4 heteroatoms. The van der Waals surface area contributed by atoms with Gasteiger partial charge in [-0.1, -0.05) is 54.5 Å². The Hall–Kier alpha value is -1.94. The molecule has 0 bridgehead atoms. The largest absolute Gasteiger partial charge is 0.299 e. The highest BCUT2D eigenvalue weighted by atomic mass is 16.1. The first kappa shape index (κ1) is 24.7. The van der Waals surface area contributed by atoms with Crippen molar-refractivity contribution in [1.29, 1.82) is 10.5 Å². The van der Waals surface area contributed by atoms with Crippen LogP contribution < -0.4 is 0 Å². The Morgan fingerprint density at radius 1 is 0.857 bits per heavy atom. The van der Waals surface area contributed by atoms with Crippen molar-refractivity contribution < 1.29 is 9.59 Å². The van der Waals surface area contributed by atoms with Gasteiger partial charge in [-0.3, -0.25) is 9.59 Å². The van der Waals surface area contributed by atoms with Crippen LogP contribution in [0.25, 0.3) is 0 Å². The molecule has 0 aromatic heterocycles. The molecule has 1 unspecified atom stereocenters. The minimum atomic E-state index is -0.605. The van der Waals surface area contributed by atoms with E-state index in [0.29, 0.717) is 12.2 Å². The highest BCUT2D eigenvalue weighted by Gasteiger charge is 2.72. The Morgan fingerprint density at radius 2 is 1.51 bits per heavy atom. The zero-order chi connectivity index (χ0) is 25.8. The third kappa shape index (κ3) is 2.89. The summed E-state index contributed by atoms with van der Waals surface area (Å²) in [4.78, 5) is 27.5. The second kappa shape index (κ2) is 7.09. The van der Waals surface area contributed by atoms with Crippen molar-refractivity contribution in [2.45, 2.75) is 99.8 Å². The summed E-state index contributed by atoms with van der Waals surface area (Å²) in [7, 11) is 0. The van der Waals surface area contributed by atoms with E-state index < -0.39 is 5.41 Å². The van der Waals surface area contributed by atoms with E-state index in [4.69, 9.17) is 0 Å². The van der Waals surface area contributed by atoms with Crippen LogP contribution in [0.15, 0.2) is 11.6 Å². The van der Waals surface area contributed by atoms with Gasteiger partial charge in [-0.15, -0.1) is 0 Å². The number of hydrogen-bond acceptors (Lipinski definition) is 4. The molecule has 4 saturated carbocycles. The molecular weight excluding hydrogens is 432 g/mol.